The fraction of sp³-hybridized carbons (Fsp3) is 0.300. The van der Waals surface area contributed by atoms with Crippen LogP contribution < -0.4 is 5.69 Å². The first kappa shape index (κ1) is 12.0. The molecule has 1 aromatic heterocycles. The predicted octanol–water partition coefficient (Wildman–Crippen LogP) is 3.42. The van der Waals surface area contributed by atoms with Crippen LogP contribution in [0.1, 0.15) is 6.42 Å². The quantitative estimate of drug-likeness (QED) is 0.863. The normalized spacial score (nSPS) is 11.2. The second-order valence-electron chi connectivity index (χ2n) is 3.41. The summed E-state index contributed by atoms with van der Waals surface area (Å²) >= 11 is 15.2. The number of imidazole rings is 1. The summed E-state index contributed by atoms with van der Waals surface area (Å²) in [6, 6.07) is 3.39. The summed E-state index contributed by atoms with van der Waals surface area (Å²) < 4.78 is 1.67. The number of hydrogen-bond donors (Lipinski definition) is 1. The Morgan fingerprint density at radius 2 is 2.00 bits per heavy atom. The molecule has 0 radical (unpaired) electrons. The van der Waals surface area contributed by atoms with E-state index in [0.29, 0.717) is 22.1 Å². The molecule has 6 heteroatoms. The first-order valence-corrected chi connectivity index (χ1v) is 6.64. The summed E-state index contributed by atoms with van der Waals surface area (Å²) in [4.78, 5) is 14.4. The van der Waals surface area contributed by atoms with Crippen LogP contribution in [0.5, 0.6) is 0 Å². The maximum atomic E-state index is 11.7. The summed E-state index contributed by atoms with van der Waals surface area (Å²) in [7, 11) is 0. The summed E-state index contributed by atoms with van der Waals surface area (Å²) in [6.07, 6.45) is 0.882. The van der Waals surface area contributed by atoms with Crippen LogP contribution in [0.3, 0.4) is 0 Å². The highest BCUT2D eigenvalue weighted by Crippen LogP contribution is 2.26. The van der Waals surface area contributed by atoms with Crippen LogP contribution in [0.15, 0.2) is 16.9 Å². The summed E-state index contributed by atoms with van der Waals surface area (Å²) in [6.45, 7) is 0.655. The van der Waals surface area contributed by atoms with E-state index in [1.807, 2.05) is 0 Å². The SMILES string of the molecule is O=c1[nH]c2cc(Cl)c(Cl)cc2n1CCCBr. The smallest absolute Gasteiger partial charge is 0.305 e. The molecule has 2 aromatic rings. The molecule has 0 aliphatic rings. The predicted molar refractivity (Wildman–Crippen MR) is 71.0 cm³/mol. The third kappa shape index (κ3) is 2.14. The van der Waals surface area contributed by atoms with E-state index in [9.17, 15) is 4.79 Å². The van der Waals surface area contributed by atoms with E-state index in [4.69, 9.17) is 23.2 Å². The zero-order valence-electron chi connectivity index (χ0n) is 8.27. The molecule has 0 atom stereocenters. The number of nitrogens with one attached hydrogen (secondary N) is 1. The third-order valence-corrected chi connectivity index (χ3v) is 3.61. The van der Waals surface area contributed by atoms with E-state index in [1.165, 1.54) is 0 Å². The highest BCUT2D eigenvalue weighted by atomic mass is 79.9. The average molecular weight is 324 g/mol. The molecule has 2 rings (SSSR count). The standard InChI is InChI=1S/C10H9BrCl2N2O/c11-2-1-3-15-9-5-7(13)6(12)4-8(9)14-10(15)16/h4-5H,1-3H2,(H,14,16). The van der Waals surface area contributed by atoms with Gasteiger partial charge in [-0.05, 0) is 18.6 Å². The number of alkyl halides is 1. The van der Waals surface area contributed by atoms with Gasteiger partial charge in [0.15, 0.2) is 0 Å². The first-order valence-electron chi connectivity index (χ1n) is 4.77. The lowest BCUT2D eigenvalue weighted by molar-refractivity contribution is 0.681. The highest BCUT2D eigenvalue weighted by Gasteiger charge is 2.09. The largest absolute Gasteiger partial charge is 0.326 e. The Morgan fingerprint density at radius 3 is 2.69 bits per heavy atom. The lowest BCUT2D eigenvalue weighted by Gasteiger charge is -2.02. The monoisotopic (exact) mass is 322 g/mol. The van der Waals surface area contributed by atoms with Gasteiger partial charge in [0.2, 0.25) is 0 Å². The molecule has 1 heterocycles. The van der Waals surface area contributed by atoms with Gasteiger partial charge in [-0.1, -0.05) is 39.1 Å². The number of aromatic nitrogens is 2. The third-order valence-electron chi connectivity index (χ3n) is 2.33. The number of nitrogens with zero attached hydrogens (tertiary/aromatic N) is 1. The number of halogens is 3. The highest BCUT2D eigenvalue weighted by molar-refractivity contribution is 9.09. The summed E-state index contributed by atoms with van der Waals surface area (Å²) in [5.41, 5.74) is 1.38. The van der Waals surface area contributed by atoms with Crippen molar-refractivity contribution in [3.05, 3.63) is 32.7 Å². The van der Waals surface area contributed by atoms with Gasteiger partial charge >= 0.3 is 5.69 Å². The molecule has 3 nitrogen and oxygen atoms in total. The molecule has 0 fully saturated rings. The van der Waals surface area contributed by atoms with Crippen molar-refractivity contribution < 1.29 is 0 Å². The molecule has 16 heavy (non-hydrogen) atoms. The Hall–Kier alpha value is -0.450. The molecule has 0 unspecified atom stereocenters. The number of H-pyrrole nitrogens is 1. The fourth-order valence-corrected chi connectivity index (χ4v) is 2.16. The zero-order chi connectivity index (χ0) is 11.7. The Bertz CT molecular complexity index is 576. The van der Waals surface area contributed by atoms with E-state index >= 15 is 0 Å². The minimum atomic E-state index is -0.130. The Balaban J connectivity index is 2.60. The van der Waals surface area contributed by atoms with Gasteiger partial charge in [0.1, 0.15) is 0 Å². The van der Waals surface area contributed by atoms with Gasteiger partial charge in [-0.3, -0.25) is 4.57 Å². The van der Waals surface area contributed by atoms with Crippen molar-refractivity contribution >= 4 is 50.2 Å². The molecule has 0 amide bonds. The van der Waals surface area contributed by atoms with Crippen LogP contribution in [0.25, 0.3) is 11.0 Å². The molecule has 1 aromatic carbocycles. The van der Waals surface area contributed by atoms with Crippen molar-refractivity contribution in [3.8, 4) is 0 Å². The zero-order valence-corrected chi connectivity index (χ0v) is 11.4. The van der Waals surface area contributed by atoms with Gasteiger partial charge in [-0.15, -0.1) is 0 Å². The number of benzene rings is 1. The second kappa shape index (κ2) is 4.82. The number of aryl methyl sites for hydroxylation is 1. The van der Waals surface area contributed by atoms with E-state index < -0.39 is 0 Å². The Kier molecular flexibility index (Phi) is 3.62. The van der Waals surface area contributed by atoms with Crippen LogP contribution in [-0.2, 0) is 6.54 Å². The second-order valence-corrected chi connectivity index (χ2v) is 5.02. The van der Waals surface area contributed by atoms with Crippen LogP contribution in [-0.4, -0.2) is 14.9 Å². The fourth-order valence-electron chi connectivity index (χ4n) is 1.59. The minimum Gasteiger partial charge on any atom is -0.305 e. The number of fused-ring (bicyclic) bond motifs is 1. The van der Waals surface area contributed by atoms with E-state index in [-0.39, 0.29) is 5.69 Å². The van der Waals surface area contributed by atoms with Crippen molar-refractivity contribution in [2.24, 2.45) is 0 Å². The molecule has 0 saturated carbocycles. The molecule has 0 saturated heterocycles. The molecule has 0 spiro atoms. The van der Waals surface area contributed by atoms with Gasteiger partial charge < -0.3 is 4.98 Å². The molecule has 86 valence electrons. The molecule has 1 N–H and O–H groups in total. The average Bonchev–Trinajstić information content (AvgIpc) is 2.52. The molecule has 0 aliphatic heterocycles. The van der Waals surface area contributed by atoms with Gasteiger partial charge in [0.25, 0.3) is 0 Å². The molecular weight excluding hydrogens is 315 g/mol. The van der Waals surface area contributed by atoms with Crippen LogP contribution in [0.2, 0.25) is 10.0 Å². The summed E-state index contributed by atoms with van der Waals surface area (Å²) in [5.74, 6) is 0. The lowest BCUT2D eigenvalue weighted by Crippen LogP contribution is -2.16. The van der Waals surface area contributed by atoms with E-state index in [1.54, 1.807) is 16.7 Å². The molecule has 0 bridgehead atoms. The topological polar surface area (TPSA) is 37.8 Å². The number of hydrogen-bond acceptors (Lipinski definition) is 1. The van der Waals surface area contributed by atoms with Gasteiger partial charge in [-0.25, -0.2) is 4.79 Å². The van der Waals surface area contributed by atoms with Crippen LogP contribution in [0, 0.1) is 0 Å². The van der Waals surface area contributed by atoms with Crippen molar-refractivity contribution in [3.63, 3.8) is 0 Å². The maximum absolute atomic E-state index is 11.7. The minimum absolute atomic E-state index is 0.130. The van der Waals surface area contributed by atoms with Gasteiger partial charge in [0.05, 0.1) is 21.1 Å². The Labute approximate surface area is 110 Å². The van der Waals surface area contributed by atoms with Crippen molar-refractivity contribution in [2.45, 2.75) is 13.0 Å². The van der Waals surface area contributed by atoms with E-state index in [0.717, 1.165) is 17.3 Å². The van der Waals surface area contributed by atoms with Gasteiger partial charge in [0, 0.05) is 11.9 Å². The van der Waals surface area contributed by atoms with Gasteiger partial charge in [-0.2, -0.15) is 0 Å². The van der Waals surface area contributed by atoms with E-state index in [2.05, 4.69) is 20.9 Å². The first-order chi connectivity index (χ1) is 7.63. The molecule has 0 aliphatic carbocycles. The van der Waals surface area contributed by atoms with Crippen LogP contribution >= 0.6 is 39.1 Å². The van der Waals surface area contributed by atoms with Crippen molar-refractivity contribution in [1.82, 2.24) is 9.55 Å². The van der Waals surface area contributed by atoms with Crippen LogP contribution in [0.4, 0.5) is 0 Å². The number of rotatable bonds is 3. The van der Waals surface area contributed by atoms with Crippen molar-refractivity contribution in [2.75, 3.05) is 5.33 Å². The maximum Gasteiger partial charge on any atom is 0.326 e. The molecular formula is C10H9BrCl2N2O. The lowest BCUT2D eigenvalue weighted by atomic mass is 10.3. The number of aromatic amines is 1. The summed E-state index contributed by atoms with van der Waals surface area (Å²) in [5, 5.41) is 1.76. The Morgan fingerprint density at radius 1 is 1.31 bits per heavy atom. The van der Waals surface area contributed by atoms with Crippen molar-refractivity contribution in [1.29, 1.82) is 0 Å².